The molecule has 2 aromatic carbocycles. The number of unbranched alkanes of at least 4 members (excludes halogenated alkanes) is 2. The van der Waals surface area contributed by atoms with Crippen LogP contribution in [0.2, 0.25) is 0 Å². The fourth-order valence-corrected chi connectivity index (χ4v) is 3.08. The van der Waals surface area contributed by atoms with Gasteiger partial charge in [-0.25, -0.2) is 14.4 Å². The molecule has 160 valence electrons. The molecule has 30 heavy (non-hydrogen) atoms. The number of benzene rings is 2. The van der Waals surface area contributed by atoms with Gasteiger partial charge in [-0.05, 0) is 61.8 Å². The van der Waals surface area contributed by atoms with Crippen LogP contribution >= 0.6 is 0 Å². The fourth-order valence-electron chi connectivity index (χ4n) is 3.08. The maximum atomic E-state index is 11.6. The van der Waals surface area contributed by atoms with Gasteiger partial charge < -0.3 is 19.7 Å². The monoisotopic (exact) mass is 414 g/mol. The summed E-state index contributed by atoms with van der Waals surface area (Å²) in [6, 6.07) is 13.7. The van der Waals surface area contributed by atoms with Crippen molar-refractivity contribution in [3.05, 3.63) is 70.8 Å². The summed E-state index contributed by atoms with van der Waals surface area (Å²) in [6.45, 7) is 0.417. The summed E-state index contributed by atoms with van der Waals surface area (Å²) in [7, 11) is 0. The topological polar surface area (TPSA) is 110 Å². The van der Waals surface area contributed by atoms with Gasteiger partial charge in [-0.1, -0.05) is 36.4 Å². The molecule has 0 saturated heterocycles. The molecule has 0 fully saturated rings. The molecule has 0 aliphatic rings. The molecule has 0 aromatic heterocycles. The third-order valence-electron chi connectivity index (χ3n) is 4.62. The molecule has 2 N–H and O–H groups in total. The van der Waals surface area contributed by atoms with E-state index in [2.05, 4.69) is 0 Å². The molecule has 7 heteroatoms. The van der Waals surface area contributed by atoms with E-state index in [1.54, 1.807) is 48.5 Å². The van der Waals surface area contributed by atoms with Gasteiger partial charge in [0.1, 0.15) is 0 Å². The number of hydrogen-bond donors (Lipinski definition) is 2. The molecule has 7 nitrogen and oxygen atoms in total. The van der Waals surface area contributed by atoms with E-state index in [4.69, 9.17) is 19.7 Å². The second-order valence-corrected chi connectivity index (χ2v) is 6.79. The normalized spacial score (nSPS) is 10.4. The summed E-state index contributed by atoms with van der Waals surface area (Å²) in [5, 5.41) is 18.3. The van der Waals surface area contributed by atoms with Gasteiger partial charge in [0.15, 0.2) is 0 Å². The van der Waals surface area contributed by atoms with Gasteiger partial charge in [0.2, 0.25) is 0 Å². The van der Waals surface area contributed by atoms with E-state index in [0.717, 1.165) is 11.1 Å². The van der Waals surface area contributed by atoms with Crippen LogP contribution in [0.15, 0.2) is 48.5 Å². The highest BCUT2D eigenvalue weighted by Gasteiger charge is 2.10. The predicted octanol–water partition coefficient (Wildman–Crippen LogP) is 4.58. The lowest BCUT2D eigenvalue weighted by Gasteiger charge is -2.08. The third kappa shape index (κ3) is 7.58. The van der Waals surface area contributed by atoms with Gasteiger partial charge >= 0.3 is 18.1 Å². The van der Waals surface area contributed by atoms with E-state index in [1.165, 1.54) is 0 Å². The molecule has 0 unspecified atom stereocenters. The largest absolute Gasteiger partial charge is 0.508 e. The molecule has 0 spiro atoms. The van der Waals surface area contributed by atoms with E-state index in [1.807, 2.05) is 0 Å². The molecular formula is C23H26O7. The van der Waals surface area contributed by atoms with Crippen molar-refractivity contribution < 1.29 is 34.1 Å². The molecular weight excluding hydrogens is 388 g/mol. The smallest absolute Gasteiger partial charge is 0.478 e. The Morgan fingerprint density at radius 2 is 1.03 bits per heavy atom. The van der Waals surface area contributed by atoms with Crippen LogP contribution in [0.25, 0.3) is 0 Å². The first-order valence-corrected chi connectivity index (χ1v) is 9.91. The van der Waals surface area contributed by atoms with Crippen molar-refractivity contribution in [2.24, 2.45) is 0 Å². The average molecular weight is 414 g/mol. The van der Waals surface area contributed by atoms with Crippen LogP contribution in [0.4, 0.5) is 4.79 Å². The summed E-state index contributed by atoms with van der Waals surface area (Å²) in [4.78, 5) is 33.9. The molecule has 2 rings (SSSR count). The van der Waals surface area contributed by atoms with Gasteiger partial charge in [0.25, 0.3) is 0 Å². The number of hydrogen-bond acceptors (Lipinski definition) is 5. The zero-order valence-corrected chi connectivity index (χ0v) is 16.7. The lowest BCUT2D eigenvalue weighted by atomic mass is 10.0. The highest BCUT2D eigenvalue weighted by molar-refractivity contribution is 5.89. The average Bonchev–Trinajstić information content (AvgIpc) is 2.73. The lowest BCUT2D eigenvalue weighted by molar-refractivity contribution is 0.0531. The molecule has 0 saturated carbocycles. The van der Waals surface area contributed by atoms with Gasteiger partial charge in [-0.3, -0.25) is 0 Å². The zero-order valence-electron chi connectivity index (χ0n) is 16.7. The number of aryl methyl sites for hydroxylation is 2. The molecule has 2 aromatic rings. The number of carbonyl (C=O) groups is 3. The Balaban J connectivity index is 1.56. The summed E-state index contributed by atoms with van der Waals surface area (Å²) >= 11 is 0. The van der Waals surface area contributed by atoms with Crippen LogP contribution in [0.1, 0.15) is 57.5 Å². The molecule has 0 aliphatic heterocycles. The van der Waals surface area contributed by atoms with Crippen LogP contribution in [0.5, 0.6) is 0 Å². The summed E-state index contributed by atoms with van der Waals surface area (Å²) in [5.41, 5.74) is 2.11. The van der Waals surface area contributed by atoms with Gasteiger partial charge in [-0.2, -0.15) is 0 Å². The minimum atomic E-state index is -0.947. The van der Waals surface area contributed by atoms with Crippen molar-refractivity contribution >= 4 is 18.1 Å². The molecule has 0 atom stereocenters. The highest BCUT2D eigenvalue weighted by atomic mass is 16.7. The van der Waals surface area contributed by atoms with Crippen LogP contribution in [0.3, 0.4) is 0 Å². The quantitative estimate of drug-likeness (QED) is 0.386. The minimum Gasteiger partial charge on any atom is -0.478 e. The van der Waals surface area contributed by atoms with Gasteiger partial charge in [0, 0.05) is 0 Å². The maximum absolute atomic E-state index is 11.6. The van der Waals surface area contributed by atoms with Gasteiger partial charge in [0.05, 0.1) is 24.3 Å². The zero-order chi connectivity index (χ0) is 21.8. The first-order valence-electron chi connectivity index (χ1n) is 9.91. The number of ether oxygens (including phenoxy) is 2. The first-order chi connectivity index (χ1) is 14.5. The Hall–Kier alpha value is -3.35. The minimum absolute atomic E-state index is 0.208. The predicted molar refractivity (Wildman–Crippen MR) is 110 cm³/mol. The highest BCUT2D eigenvalue weighted by Crippen LogP contribution is 2.13. The van der Waals surface area contributed by atoms with Gasteiger partial charge in [-0.15, -0.1) is 0 Å². The second kappa shape index (κ2) is 12.3. The van der Waals surface area contributed by atoms with E-state index in [9.17, 15) is 14.4 Å². The summed E-state index contributed by atoms with van der Waals surface area (Å²) < 4.78 is 10.0. The van der Waals surface area contributed by atoms with Crippen molar-refractivity contribution in [2.75, 3.05) is 13.2 Å². The van der Waals surface area contributed by atoms with Crippen molar-refractivity contribution in [3.8, 4) is 0 Å². The van der Waals surface area contributed by atoms with E-state index < -0.39 is 18.1 Å². The van der Waals surface area contributed by atoms with Crippen LogP contribution < -0.4 is 0 Å². The third-order valence-corrected chi connectivity index (χ3v) is 4.62. The molecule has 0 aliphatic carbocycles. The number of carbonyl (C=O) groups excluding carboxylic acids is 1. The summed E-state index contributed by atoms with van der Waals surface area (Å²) in [5.74, 6) is -1.89. The SMILES string of the molecule is O=C(OCCCCc1ccccc1C(=O)O)OCCCCc1ccccc1C(=O)O. The lowest BCUT2D eigenvalue weighted by Crippen LogP contribution is -2.10. The van der Waals surface area contributed by atoms with Crippen LogP contribution in [0, 0.1) is 0 Å². The Morgan fingerprint density at radius 3 is 1.43 bits per heavy atom. The Kier molecular flexibility index (Phi) is 9.37. The number of aromatic carboxylic acids is 2. The van der Waals surface area contributed by atoms with E-state index >= 15 is 0 Å². The second-order valence-electron chi connectivity index (χ2n) is 6.79. The molecule has 0 radical (unpaired) electrons. The fraction of sp³-hybridized carbons (Fsp3) is 0.348. The van der Waals surface area contributed by atoms with Crippen molar-refractivity contribution in [2.45, 2.75) is 38.5 Å². The molecule has 0 heterocycles. The van der Waals surface area contributed by atoms with Crippen molar-refractivity contribution in [1.82, 2.24) is 0 Å². The first kappa shape index (κ1) is 22.9. The number of carboxylic acid groups (broad SMARTS) is 2. The Bertz CT molecular complexity index is 791. The molecule has 0 amide bonds. The number of carboxylic acids is 2. The molecule has 0 bridgehead atoms. The van der Waals surface area contributed by atoms with Crippen molar-refractivity contribution in [3.63, 3.8) is 0 Å². The van der Waals surface area contributed by atoms with Crippen molar-refractivity contribution in [1.29, 1.82) is 0 Å². The van der Waals surface area contributed by atoms with Crippen LogP contribution in [-0.2, 0) is 22.3 Å². The Morgan fingerprint density at radius 1 is 0.633 bits per heavy atom. The van der Waals surface area contributed by atoms with E-state index in [-0.39, 0.29) is 13.2 Å². The van der Waals surface area contributed by atoms with Crippen LogP contribution in [-0.4, -0.2) is 41.5 Å². The maximum Gasteiger partial charge on any atom is 0.508 e. The number of rotatable bonds is 12. The standard InChI is InChI=1S/C23H26O7/c24-21(25)19-13-3-1-9-17(19)11-5-7-15-29-23(28)30-16-8-6-12-18-10-2-4-14-20(18)22(26)27/h1-4,9-10,13-14H,5-8,11-12,15-16H2,(H,24,25)(H,26,27). The van der Waals surface area contributed by atoms with E-state index in [0.29, 0.717) is 49.7 Å². The Labute approximate surface area is 175 Å². The summed E-state index contributed by atoms with van der Waals surface area (Å²) in [6.07, 6.45) is 3.06.